The number of amides is 2. The van der Waals surface area contributed by atoms with Crippen LogP contribution in [0.25, 0.3) is 0 Å². The summed E-state index contributed by atoms with van der Waals surface area (Å²) in [5, 5.41) is 2.43. The zero-order valence-corrected chi connectivity index (χ0v) is 23.4. The molecule has 2 aromatic carbocycles. The Bertz CT molecular complexity index is 1290. The van der Waals surface area contributed by atoms with Gasteiger partial charge < -0.3 is 14.8 Å². The Kier molecular flexibility index (Phi) is 9.86. The first kappa shape index (κ1) is 33.8. The number of carbonyl (C=O) groups is 2. The first-order valence-electron chi connectivity index (χ1n) is 13.1. The van der Waals surface area contributed by atoms with Crippen LogP contribution in [0.15, 0.2) is 36.4 Å². The lowest BCUT2D eigenvalue weighted by Gasteiger charge is -2.42. The van der Waals surface area contributed by atoms with E-state index in [1.165, 1.54) is 4.90 Å². The highest BCUT2D eigenvalue weighted by molar-refractivity contribution is 5.91. The number of halogens is 9. The van der Waals surface area contributed by atoms with Crippen molar-refractivity contribution < 1.29 is 58.6 Å². The van der Waals surface area contributed by atoms with Crippen LogP contribution in [-0.2, 0) is 34.4 Å². The molecule has 0 fully saturated rings. The lowest BCUT2D eigenvalue weighted by molar-refractivity contribution is -0.143. The van der Waals surface area contributed by atoms with Gasteiger partial charge in [0.15, 0.2) is 0 Å². The fourth-order valence-corrected chi connectivity index (χ4v) is 4.69. The van der Waals surface area contributed by atoms with Gasteiger partial charge in [-0.1, -0.05) is 13.8 Å². The Morgan fingerprint density at radius 3 is 1.91 bits per heavy atom. The Labute approximate surface area is 241 Å². The molecule has 0 radical (unpaired) electrons. The van der Waals surface area contributed by atoms with E-state index < -0.39 is 84.2 Å². The molecule has 238 valence electrons. The van der Waals surface area contributed by atoms with Crippen molar-refractivity contribution in [3.63, 3.8) is 0 Å². The number of carbonyl (C=O) groups excluding carboxylic acids is 2. The number of anilines is 1. The Hall–Kier alpha value is -3.65. The Balaban J connectivity index is 1.85. The standard InChI is InChI=1S/C28H29F9N2O4/c1-14(2)23-13-21(20-12-17(26(29,30)31)5-6-22(20)39(23)25(41)43-15(3)4)38-24(40)42-8-7-16-9-18(27(32,33)34)11-19(10-16)28(35,36)37/h5-6,9-12,14-15,21,23H,7-8,13H2,1-4H3,(H,38,40)/t21-,23-/m0/s1. The van der Waals surface area contributed by atoms with Crippen LogP contribution >= 0.6 is 0 Å². The van der Waals surface area contributed by atoms with Crippen molar-refractivity contribution in [1.29, 1.82) is 0 Å². The molecular formula is C28H29F9N2O4. The first-order valence-corrected chi connectivity index (χ1v) is 13.1. The number of hydrogen-bond acceptors (Lipinski definition) is 4. The third-order valence-corrected chi connectivity index (χ3v) is 6.66. The van der Waals surface area contributed by atoms with E-state index in [4.69, 9.17) is 9.47 Å². The first-order chi connectivity index (χ1) is 19.7. The molecule has 0 saturated heterocycles. The third-order valence-electron chi connectivity index (χ3n) is 6.66. The number of ether oxygens (including phenoxy) is 2. The number of benzene rings is 2. The van der Waals surface area contributed by atoms with E-state index in [9.17, 15) is 49.1 Å². The predicted molar refractivity (Wildman–Crippen MR) is 136 cm³/mol. The van der Waals surface area contributed by atoms with Crippen LogP contribution in [0.4, 0.5) is 54.8 Å². The molecular weight excluding hydrogens is 599 g/mol. The maximum absolute atomic E-state index is 13.6. The van der Waals surface area contributed by atoms with Crippen molar-refractivity contribution in [1.82, 2.24) is 5.32 Å². The average Bonchev–Trinajstić information content (AvgIpc) is 2.85. The summed E-state index contributed by atoms with van der Waals surface area (Å²) in [6, 6.07) is 1.93. The van der Waals surface area contributed by atoms with Crippen LogP contribution in [0, 0.1) is 5.92 Å². The maximum atomic E-state index is 13.6. The lowest BCUT2D eigenvalue weighted by Crippen LogP contribution is -2.50. The van der Waals surface area contributed by atoms with E-state index in [2.05, 4.69) is 5.32 Å². The topological polar surface area (TPSA) is 67.9 Å². The molecule has 0 saturated carbocycles. The SMILES string of the molecule is CC(C)OC(=O)N1c2ccc(C(F)(F)F)cc2[C@@H](NC(=O)OCCc2cc(C(F)(F)F)cc(C(F)(F)F)c2)C[C@H]1C(C)C. The van der Waals surface area contributed by atoms with Crippen molar-refractivity contribution in [3.05, 3.63) is 64.2 Å². The minimum Gasteiger partial charge on any atom is -0.449 e. The smallest absolute Gasteiger partial charge is 0.416 e. The number of alkyl halides is 9. The molecule has 15 heteroatoms. The monoisotopic (exact) mass is 628 g/mol. The summed E-state index contributed by atoms with van der Waals surface area (Å²) in [6.07, 6.45) is -17.9. The predicted octanol–water partition coefficient (Wildman–Crippen LogP) is 8.53. The van der Waals surface area contributed by atoms with Crippen LogP contribution in [0.3, 0.4) is 0 Å². The molecule has 1 aliphatic rings. The van der Waals surface area contributed by atoms with E-state index in [-0.39, 0.29) is 29.7 Å². The van der Waals surface area contributed by atoms with Crippen LogP contribution < -0.4 is 10.2 Å². The number of alkyl carbamates (subject to hydrolysis) is 1. The largest absolute Gasteiger partial charge is 0.449 e. The fraction of sp³-hybridized carbons (Fsp3) is 0.500. The zero-order valence-electron chi connectivity index (χ0n) is 23.4. The van der Waals surface area contributed by atoms with Crippen molar-refractivity contribution >= 4 is 17.9 Å². The van der Waals surface area contributed by atoms with Crippen LogP contribution in [0.1, 0.15) is 68.0 Å². The van der Waals surface area contributed by atoms with Gasteiger partial charge in [0, 0.05) is 12.5 Å². The highest BCUT2D eigenvalue weighted by atomic mass is 19.4. The second-order valence-corrected chi connectivity index (χ2v) is 10.6. The number of nitrogens with zero attached hydrogens (tertiary/aromatic N) is 1. The number of rotatable bonds is 6. The van der Waals surface area contributed by atoms with Crippen molar-refractivity contribution in [3.8, 4) is 0 Å². The second-order valence-electron chi connectivity index (χ2n) is 10.6. The number of hydrogen-bond donors (Lipinski definition) is 1. The maximum Gasteiger partial charge on any atom is 0.416 e. The van der Waals surface area contributed by atoms with E-state index in [0.717, 1.165) is 18.2 Å². The number of fused-ring (bicyclic) bond motifs is 1. The fourth-order valence-electron chi connectivity index (χ4n) is 4.69. The molecule has 43 heavy (non-hydrogen) atoms. The van der Waals surface area contributed by atoms with Gasteiger partial charge in [0.25, 0.3) is 0 Å². The van der Waals surface area contributed by atoms with Gasteiger partial charge >= 0.3 is 30.7 Å². The van der Waals surface area contributed by atoms with Crippen LogP contribution in [0.2, 0.25) is 0 Å². The summed E-state index contributed by atoms with van der Waals surface area (Å²) in [5.41, 5.74) is -4.49. The number of nitrogens with one attached hydrogen (secondary N) is 1. The summed E-state index contributed by atoms with van der Waals surface area (Å²) in [7, 11) is 0. The lowest BCUT2D eigenvalue weighted by atomic mass is 9.85. The molecule has 2 amide bonds. The van der Waals surface area contributed by atoms with E-state index in [0.29, 0.717) is 12.1 Å². The van der Waals surface area contributed by atoms with E-state index in [1.807, 2.05) is 0 Å². The average molecular weight is 629 g/mol. The highest BCUT2D eigenvalue weighted by Crippen LogP contribution is 2.43. The molecule has 0 aliphatic carbocycles. The van der Waals surface area contributed by atoms with E-state index >= 15 is 0 Å². The Morgan fingerprint density at radius 1 is 0.860 bits per heavy atom. The minimum absolute atomic E-state index is 0.0296. The summed E-state index contributed by atoms with van der Waals surface area (Å²) in [6.45, 7) is 6.09. The van der Waals surface area contributed by atoms with Crippen molar-refractivity contribution in [2.24, 2.45) is 5.92 Å². The second kappa shape index (κ2) is 12.5. The third kappa shape index (κ3) is 8.47. The summed E-state index contributed by atoms with van der Waals surface area (Å²) in [4.78, 5) is 26.9. The van der Waals surface area contributed by atoms with Crippen LogP contribution in [0.5, 0.6) is 0 Å². The molecule has 0 unspecified atom stereocenters. The van der Waals surface area contributed by atoms with Gasteiger partial charge in [-0.25, -0.2) is 9.59 Å². The summed E-state index contributed by atoms with van der Waals surface area (Å²) >= 11 is 0. The van der Waals surface area contributed by atoms with Gasteiger partial charge in [-0.05, 0) is 73.7 Å². The molecule has 0 aromatic heterocycles. The molecule has 2 atom stereocenters. The van der Waals surface area contributed by atoms with Crippen molar-refractivity contribution in [2.75, 3.05) is 11.5 Å². The molecule has 1 N–H and O–H groups in total. The van der Waals surface area contributed by atoms with Gasteiger partial charge in [-0.3, -0.25) is 4.90 Å². The summed E-state index contributed by atoms with van der Waals surface area (Å²) < 4.78 is 130. The minimum atomic E-state index is -5.06. The van der Waals surface area contributed by atoms with Gasteiger partial charge in [0.2, 0.25) is 0 Å². The normalized spacial score (nSPS) is 17.6. The van der Waals surface area contributed by atoms with Gasteiger partial charge in [-0.15, -0.1) is 0 Å². The van der Waals surface area contributed by atoms with Crippen LogP contribution in [-0.4, -0.2) is 30.9 Å². The quantitative estimate of drug-likeness (QED) is 0.326. The van der Waals surface area contributed by atoms with Gasteiger partial charge in [0.1, 0.15) is 0 Å². The van der Waals surface area contributed by atoms with Gasteiger partial charge in [0.05, 0.1) is 41.1 Å². The summed E-state index contributed by atoms with van der Waals surface area (Å²) in [5.74, 6) is -0.251. The molecule has 3 rings (SSSR count). The van der Waals surface area contributed by atoms with E-state index in [1.54, 1.807) is 27.7 Å². The van der Waals surface area contributed by atoms with Crippen molar-refractivity contribution in [2.45, 2.75) is 77.3 Å². The molecule has 6 nitrogen and oxygen atoms in total. The van der Waals surface area contributed by atoms with Gasteiger partial charge in [-0.2, -0.15) is 39.5 Å². The molecule has 0 spiro atoms. The molecule has 1 aliphatic heterocycles. The Morgan fingerprint density at radius 2 is 1.42 bits per heavy atom. The zero-order chi connectivity index (χ0) is 32.5. The molecule has 0 bridgehead atoms. The molecule has 2 aromatic rings. The molecule has 1 heterocycles. The highest BCUT2D eigenvalue weighted by Gasteiger charge is 2.42.